The van der Waals surface area contributed by atoms with E-state index < -0.39 is 11.6 Å². The average Bonchev–Trinajstić information content (AvgIpc) is 3.21. The Morgan fingerprint density at radius 2 is 1.85 bits per heavy atom. The Balaban J connectivity index is 0.000000160. The van der Waals surface area contributed by atoms with Gasteiger partial charge in [0.1, 0.15) is 29.6 Å². The van der Waals surface area contributed by atoms with Crippen LogP contribution in [0.3, 0.4) is 0 Å². The van der Waals surface area contributed by atoms with Crippen LogP contribution in [-0.2, 0) is 10.3 Å². The van der Waals surface area contributed by atoms with Crippen molar-refractivity contribution in [2.45, 2.75) is 10.4 Å². The van der Waals surface area contributed by atoms with Gasteiger partial charge in [0.15, 0.2) is 5.54 Å². The summed E-state index contributed by atoms with van der Waals surface area (Å²) >= 11 is 3.74. The van der Waals surface area contributed by atoms with Gasteiger partial charge in [0.05, 0.1) is 6.26 Å². The molecule has 2 aliphatic heterocycles. The van der Waals surface area contributed by atoms with Crippen LogP contribution in [0.25, 0.3) is 17.0 Å². The minimum Gasteiger partial charge on any atom is -0.498 e. The predicted octanol–water partition coefficient (Wildman–Crippen LogP) is 5.00. The van der Waals surface area contributed by atoms with E-state index in [1.54, 1.807) is 6.26 Å². The van der Waals surface area contributed by atoms with Gasteiger partial charge in [0.25, 0.3) is 0 Å². The third-order valence-electron chi connectivity index (χ3n) is 4.24. The Labute approximate surface area is 154 Å². The minimum absolute atomic E-state index is 0.299. The highest BCUT2D eigenvalue weighted by Gasteiger charge is 2.40. The molecule has 0 amide bonds. The van der Waals surface area contributed by atoms with Gasteiger partial charge < -0.3 is 14.5 Å². The van der Waals surface area contributed by atoms with Gasteiger partial charge in [-0.25, -0.2) is 8.78 Å². The van der Waals surface area contributed by atoms with Crippen molar-refractivity contribution in [3.05, 3.63) is 84.0 Å². The lowest BCUT2D eigenvalue weighted by molar-refractivity contribution is 0.201. The van der Waals surface area contributed by atoms with E-state index in [0.29, 0.717) is 11.5 Å². The van der Waals surface area contributed by atoms with E-state index in [1.807, 2.05) is 30.5 Å². The van der Waals surface area contributed by atoms with E-state index in [2.05, 4.69) is 30.1 Å². The Kier molecular flexibility index (Phi) is 4.20. The molecule has 0 fully saturated rings. The summed E-state index contributed by atoms with van der Waals surface area (Å²) in [5, 5.41) is 4.48. The molecule has 0 radical (unpaired) electrons. The maximum atomic E-state index is 12.1. The maximum Gasteiger partial charge on any atom is 0.152 e. The van der Waals surface area contributed by atoms with E-state index in [4.69, 9.17) is 9.15 Å². The zero-order chi connectivity index (χ0) is 18.1. The van der Waals surface area contributed by atoms with E-state index in [1.165, 1.54) is 0 Å². The summed E-state index contributed by atoms with van der Waals surface area (Å²) in [5.74, 6) is -0.255. The lowest BCUT2D eigenvalue weighted by atomic mass is 9.92. The van der Waals surface area contributed by atoms with Crippen molar-refractivity contribution < 1.29 is 17.9 Å². The normalized spacial score (nSPS) is 19.7. The number of hydrogen-bond acceptors (Lipinski definition) is 4. The molecule has 1 N–H and O–H groups in total. The third-order valence-corrected chi connectivity index (χ3v) is 4.50. The molecule has 1 spiro atoms. The van der Waals surface area contributed by atoms with Crippen LogP contribution in [-0.4, -0.2) is 6.61 Å². The lowest BCUT2D eigenvalue weighted by Gasteiger charge is -2.27. The van der Waals surface area contributed by atoms with Crippen molar-refractivity contribution in [2.24, 2.45) is 0 Å². The first-order valence-corrected chi connectivity index (χ1v) is 8.43. The number of halogens is 2. The van der Waals surface area contributed by atoms with Crippen LogP contribution in [0.1, 0.15) is 11.3 Å². The molecule has 3 nitrogen and oxygen atoms in total. The van der Waals surface area contributed by atoms with Gasteiger partial charge >= 0.3 is 0 Å². The van der Waals surface area contributed by atoms with E-state index in [-0.39, 0.29) is 5.54 Å². The third kappa shape index (κ3) is 2.97. The van der Waals surface area contributed by atoms with Gasteiger partial charge in [-0.1, -0.05) is 18.2 Å². The molecule has 3 aromatic rings. The van der Waals surface area contributed by atoms with Gasteiger partial charge in [-0.3, -0.25) is 0 Å². The molecule has 0 aliphatic carbocycles. The molecule has 5 rings (SSSR count). The van der Waals surface area contributed by atoms with Crippen LogP contribution in [0.4, 0.5) is 8.78 Å². The molecule has 6 heteroatoms. The number of hydrogen-bond donors (Lipinski definition) is 2. The fourth-order valence-electron chi connectivity index (χ4n) is 3.06. The van der Waals surface area contributed by atoms with Crippen molar-refractivity contribution in [2.75, 3.05) is 6.61 Å². The highest BCUT2D eigenvalue weighted by atomic mass is 32.1. The van der Waals surface area contributed by atoms with E-state index in [0.717, 1.165) is 40.5 Å². The Morgan fingerprint density at radius 3 is 2.54 bits per heavy atom. The second kappa shape index (κ2) is 6.53. The molecular weight excluding hydrogens is 356 g/mol. The van der Waals surface area contributed by atoms with Crippen LogP contribution in [0, 0.1) is 11.6 Å². The van der Waals surface area contributed by atoms with Crippen LogP contribution < -0.4 is 5.32 Å². The summed E-state index contributed by atoms with van der Waals surface area (Å²) in [6.45, 7) is 0.574. The molecular formula is C20H15F2NO2S. The van der Waals surface area contributed by atoms with E-state index >= 15 is 0 Å². The van der Waals surface area contributed by atoms with Gasteiger partial charge in [-0.2, -0.15) is 0 Å². The Hall–Kier alpha value is -2.73. The molecule has 2 aliphatic rings. The number of nitrogens with one attached hydrogen (secondary N) is 1. The van der Waals surface area contributed by atoms with Crippen molar-refractivity contribution in [3.63, 3.8) is 0 Å². The number of thiol groups is 1. The summed E-state index contributed by atoms with van der Waals surface area (Å²) < 4.78 is 35.6. The highest BCUT2D eigenvalue weighted by Crippen LogP contribution is 2.39. The van der Waals surface area contributed by atoms with Crippen molar-refractivity contribution >= 4 is 29.7 Å². The predicted molar refractivity (Wildman–Crippen MR) is 98.8 cm³/mol. The fraction of sp³-hybridized carbons (Fsp3) is 0.100. The summed E-state index contributed by atoms with van der Waals surface area (Å²) in [6.07, 6.45) is 7.75. The molecule has 1 unspecified atom stereocenters. The number of para-hydroxylation sites is 1. The largest absolute Gasteiger partial charge is 0.498 e. The Bertz CT molecular complexity index is 977. The van der Waals surface area contributed by atoms with Crippen molar-refractivity contribution in [1.29, 1.82) is 0 Å². The molecule has 1 aromatic heterocycles. The van der Waals surface area contributed by atoms with Crippen LogP contribution in [0.5, 0.6) is 0 Å². The Morgan fingerprint density at radius 1 is 1.08 bits per heavy atom. The first kappa shape index (κ1) is 16.7. The van der Waals surface area contributed by atoms with Gasteiger partial charge in [0, 0.05) is 21.9 Å². The summed E-state index contributed by atoms with van der Waals surface area (Å²) in [5.41, 5.74) is 1.74. The molecule has 0 saturated heterocycles. The molecule has 26 heavy (non-hydrogen) atoms. The summed E-state index contributed by atoms with van der Waals surface area (Å²) in [4.78, 5) is 0.299. The minimum atomic E-state index is -0.597. The maximum absolute atomic E-state index is 12.1. The van der Waals surface area contributed by atoms with Crippen molar-refractivity contribution in [3.8, 4) is 0 Å². The summed E-state index contributed by atoms with van der Waals surface area (Å²) in [6, 6.07) is 11.2. The zero-order valence-corrected chi connectivity index (χ0v) is 14.5. The van der Waals surface area contributed by atoms with Crippen molar-refractivity contribution in [1.82, 2.24) is 5.32 Å². The molecule has 132 valence electrons. The highest BCUT2D eigenvalue weighted by molar-refractivity contribution is 7.80. The van der Waals surface area contributed by atoms with Crippen LogP contribution in [0.15, 0.2) is 70.3 Å². The number of ether oxygens (including phenoxy) is 1. The molecule has 1 atom stereocenters. The quantitative estimate of drug-likeness (QED) is 0.546. The zero-order valence-electron chi connectivity index (χ0n) is 13.6. The van der Waals surface area contributed by atoms with E-state index in [9.17, 15) is 8.78 Å². The number of furan rings is 1. The first-order valence-electron chi connectivity index (χ1n) is 7.98. The SMILES string of the molecule is C1=Cc2c(oc3ccccc23)C2(C=COC2)N1.Fc1cc(F)cc(S)c1. The topological polar surface area (TPSA) is 34.4 Å². The number of fused-ring (bicyclic) bond motifs is 4. The second-order valence-corrected chi connectivity index (χ2v) is 6.55. The molecule has 0 bridgehead atoms. The monoisotopic (exact) mass is 371 g/mol. The molecule has 2 aromatic carbocycles. The number of benzene rings is 2. The fourth-order valence-corrected chi connectivity index (χ4v) is 3.31. The second-order valence-electron chi connectivity index (χ2n) is 6.03. The number of rotatable bonds is 0. The molecule has 0 saturated carbocycles. The first-order chi connectivity index (χ1) is 12.6. The standard InChI is InChI=1S/C14H11NO2.C6H4F2S/c1-2-4-12-10(3-1)11-5-7-15-14(13(11)17-12)6-8-16-9-14;7-4-1-5(8)3-6(9)2-4/h1-8,15H,9H2;1-3,9H. The smallest absolute Gasteiger partial charge is 0.152 e. The summed E-state index contributed by atoms with van der Waals surface area (Å²) in [7, 11) is 0. The lowest BCUT2D eigenvalue weighted by Crippen LogP contribution is -2.40. The van der Waals surface area contributed by atoms with Gasteiger partial charge in [-0.15, -0.1) is 12.6 Å². The average molecular weight is 371 g/mol. The van der Waals surface area contributed by atoms with Crippen LogP contribution >= 0.6 is 12.6 Å². The molecule has 3 heterocycles. The van der Waals surface area contributed by atoms with Gasteiger partial charge in [-0.05, 0) is 36.6 Å². The van der Waals surface area contributed by atoms with Gasteiger partial charge in [0.2, 0.25) is 0 Å². The van der Waals surface area contributed by atoms with Crippen LogP contribution in [0.2, 0.25) is 0 Å².